The van der Waals surface area contributed by atoms with E-state index in [-0.39, 0.29) is 5.41 Å². The summed E-state index contributed by atoms with van der Waals surface area (Å²) in [6.45, 7) is 4.63. The monoisotopic (exact) mass is 378 g/mol. The first-order chi connectivity index (χ1) is 7.27. The molecule has 98 valence electrons. The number of halogens is 2. The molecule has 10 heteroatoms. The van der Waals surface area contributed by atoms with Crippen LogP contribution in [-0.2, 0) is 27.8 Å². The third kappa shape index (κ3) is 3.29. The Hall–Kier alpha value is 1.52. The van der Waals surface area contributed by atoms with E-state index in [1.54, 1.807) is 0 Å². The zero-order valence-corrected chi connectivity index (χ0v) is 13.9. The molecule has 0 N–H and O–H groups in total. The van der Waals surface area contributed by atoms with E-state index >= 15 is 0 Å². The van der Waals surface area contributed by atoms with Gasteiger partial charge in [-0.15, -0.1) is 0 Å². The molecule has 1 aliphatic rings. The molecule has 0 aromatic carbocycles. The summed E-state index contributed by atoms with van der Waals surface area (Å²) < 4.78 is 32.4. The van der Waals surface area contributed by atoms with Crippen LogP contribution in [0.4, 0.5) is 0 Å². The van der Waals surface area contributed by atoms with Crippen LogP contribution in [-0.4, -0.2) is 38.1 Å². The number of hydrogen-bond acceptors (Lipinski definition) is 5. The van der Waals surface area contributed by atoms with Crippen molar-refractivity contribution in [2.75, 3.05) is 20.3 Å². The molecule has 0 radical (unpaired) electrons. The van der Waals surface area contributed by atoms with Crippen molar-refractivity contribution in [1.29, 1.82) is 0 Å². The van der Waals surface area contributed by atoms with E-state index in [1.165, 1.54) is 7.11 Å². The van der Waals surface area contributed by atoms with Gasteiger partial charge in [-0.05, 0) is 0 Å². The molecule has 1 fully saturated rings. The van der Waals surface area contributed by atoms with Crippen LogP contribution in [0.2, 0.25) is 0 Å². The van der Waals surface area contributed by atoms with Crippen molar-refractivity contribution in [2.24, 2.45) is 5.41 Å². The molecule has 0 aromatic rings. The predicted octanol–water partition coefficient (Wildman–Crippen LogP) is 2.53. The number of rotatable bonds is 4. The van der Waals surface area contributed by atoms with Crippen molar-refractivity contribution in [3.05, 3.63) is 0 Å². The molecule has 5 nitrogen and oxygen atoms in total. The molecule has 1 saturated heterocycles. The minimum absolute atomic E-state index is 0.167. The Labute approximate surface area is 112 Å². The van der Waals surface area contributed by atoms with Gasteiger partial charge < -0.3 is 0 Å². The fraction of sp³-hybridized carbons (Fsp3) is 1.00. The van der Waals surface area contributed by atoms with E-state index in [0.717, 1.165) is 0 Å². The molecule has 0 spiro atoms. The zero-order valence-electron chi connectivity index (χ0n) is 8.98. The molecule has 1 atom stereocenters. The second-order valence-electron chi connectivity index (χ2n) is 3.98. The van der Waals surface area contributed by atoms with Gasteiger partial charge in [0.05, 0.1) is 0 Å². The molecular weight excluding hydrogens is 365 g/mol. The summed E-state index contributed by atoms with van der Waals surface area (Å²) in [5.41, 5.74) is -0.167. The van der Waals surface area contributed by atoms with E-state index < -0.39 is 30.1 Å². The van der Waals surface area contributed by atoms with Crippen molar-refractivity contribution in [3.8, 4) is 0 Å². The maximum atomic E-state index is 11.0. The molecule has 16 heavy (non-hydrogen) atoms. The van der Waals surface area contributed by atoms with Gasteiger partial charge in [0.2, 0.25) is 0 Å². The zero-order chi connectivity index (χ0) is 12.5. The number of hydrogen-bond donors (Lipinski definition) is 0. The first-order valence-corrected chi connectivity index (χ1v) is 12.5. The Morgan fingerprint density at radius 3 is 2.25 bits per heavy atom. The fourth-order valence-corrected chi connectivity index (χ4v) is 11.7. The average molecular weight is 378 g/mol. The van der Waals surface area contributed by atoms with Crippen molar-refractivity contribution in [2.45, 2.75) is 13.8 Å². The van der Waals surface area contributed by atoms with Crippen LogP contribution in [0.25, 0.3) is 0 Å². The maximum absolute atomic E-state index is 11.0. The normalized spacial score (nSPS) is 31.2. The molecule has 1 heterocycles. The van der Waals surface area contributed by atoms with Crippen LogP contribution in [0.5, 0.6) is 0 Å². The first-order valence-electron chi connectivity index (χ1n) is 4.25. The van der Waals surface area contributed by atoms with Crippen LogP contribution in [0, 0.1) is 5.41 Å². The van der Waals surface area contributed by atoms with Gasteiger partial charge in [0.1, 0.15) is 0 Å². The molecule has 0 aromatic heterocycles. The van der Waals surface area contributed by atoms with Crippen LogP contribution < -0.4 is 0 Å². The summed E-state index contributed by atoms with van der Waals surface area (Å²) in [5.74, 6) is 0. The molecule has 0 saturated carbocycles. The predicted molar refractivity (Wildman–Crippen MR) is 66.3 cm³/mol. The standard InChI is InChI=1S/C6H13Cl2O5PSSe/c1-6(2)4-11-14(10-3,16-8,12-5-6)13-15(7)9/h4-5H2,1-3H3. The molecule has 1 rings (SSSR count). The van der Waals surface area contributed by atoms with E-state index in [1.807, 2.05) is 13.8 Å². The Bertz CT molecular complexity index is 287. The van der Waals surface area contributed by atoms with Gasteiger partial charge in [-0.3, -0.25) is 0 Å². The summed E-state index contributed by atoms with van der Waals surface area (Å²) in [4.78, 5) is 0. The van der Waals surface area contributed by atoms with Crippen LogP contribution in [0.15, 0.2) is 0 Å². The molecule has 1 unspecified atom stereocenters. The average Bonchev–Trinajstić information content (AvgIpc) is 2.22. The third-order valence-corrected chi connectivity index (χ3v) is 14.1. The van der Waals surface area contributed by atoms with Gasteiger partial charge in [0.25, 0.3) is 0 Å². The molecule has 0 aliphatic carbocycles. The Morgan fingerprint density at radius 2 is 1.94 bits per heavy atom. The van der Waals surface area contributed by atoms with E-state index in [0.29, 0.717) is 13.2 Å². The van der Waals surface area contributed by atoms with Crippen molar-refractivity contribution < 1.29 is 21.8 Å². The quantitative estimate of drug-likeness (QED) is 0.428. The van der Waals surface area contributed by atoms with Gasteiger partial charge in [0.15, 0.2) is 0 Å². The van der Waals surface area contributed by atoms with Crippen molar-refractivity contribution >= 4 is 50.9 Å². The van der Waals surface area contributed by atoms with Crippen LogP contribution >= 0.6 is 27.0 Å². The van der Waals surface area contributed by atoms with Crippen molar-refractivity contribution in [1.82, 2.24) is 0 Å². The van der Waals surface area contributed by atoms with Gasteiger partial charge in [-0.25, -0.2) is 0 Å². The SMILES string of the molecule is COP1(OS(=O)Cl)([Se]Cl)OCC(C)(C)CO1. The van der Waals surface area contributed by atoms with Gasteiger partial charge in [-0.2, -0.15) is 0 Å². The van der Waals surface area contributed by atoms with Gasteiger partial charge >= 0.3 is 112 Å². The van der Waals surface area contributed by atoms with E-state index in [2.05, 4.69) is 0 Å². The fourth-order valence-electron chi connectivity index (χ4n) is 0.993. The van der Waals surface area contributed by atoms with Crippen LogP contribution in [0.1, 0.15) is 13.8 Å². The summed E-state index contributed by atoms with van der Waals surface area (Å²) in [5, 5.41) is 0. The molecule has 1 aliphatic heterocycles. The second kappa shape index (κ2) is 5.25. The molecular formula is C6H13Cl2O5PSSe. The van der Waals surface area contributed by atoms with Gasteiger partial charge in [-0.1, -0.05) is 0 Å². The minimum atomic E-state index is -3.91. The van der Waals surface area contributed by atoms with Crippen LogP contribution in [0.3, 0.4) is 0 Å². The Balaban J connectivity index is 2.95. The molecule has 0 amide bonds. The summed E-state index contributed by atoms with van der Waals surface area (Å²) in [6, 6.07) is 0. The summed E-state index contributed by atoms with van der Waals surface area (Å²) >= 11 is -0.776. The first kappa shape index (κ1) is 15.6. The van der Waals surface area contributed by atoms with Crippen molar-refractivity contribution in [3.63, 3.8) is 0 Å². The Morgan fingerprint density at radius 1 is 1.44 bits per heavy atom. The van der Waals surface area contributed by atoms with Gasteiger partial charge in [0, 0.05) is 0 Å². The van der Waals surface area contributed by atoms with E-state index in [9.17, 15) is 4.21 Å². The third-order valence-electron chi connectivity index (χ3n) is 1.92. The summed E-state index contributed by atoms with van der Waals surface area (Å²) in [6.07, 6.45) is -3.91. The van der Waals surface area contributed by atoms with E-state index in [4.69, 9.17) is 38.3 Å². The second-order valence-corrected chi connectivity index (χ2v) is 15.0. The Kier molecular flexibility index (Phi) is 5.11. The summed E-state index contributed by atoms with van der Waals surface area (Å²) in [7, 11) is 10.4. The molecule has 0 bridgehead atoms. The topological polar surface area (TPSA) is 54.0 Å².